The summed E-state index contributed by atoms with van der Waals surface area (Å²) in [5.41, 5.74) is 2.98. The van der Waals surface area contributed by atoms with E-state index in [9.17, 15) is 0 Å². The summed E-state index contributed by atoms with van der Waals surface area (Å²) in [5, 5.41) is 0. The van der Waals surface area contributed by atoms with Gasteiger partial charge < -0.3 is 4.98 Å². The Bertz CT molecular complexity index is 351. The molecule has 3 nitrogen and oxygen atoms in total. The Morgan fingerprint density at radius 2 is 2.00 bits per heavy atom. The predicted molar refractivity (Wildman–Crippen MR) is 50.0 cm³/mol. The first-order valence-corrected chi connectivity index (χ1v) is 4.12. The van der Waals surface area contributed by atoms with Crippen LogP contribution in [0, 0.1) is 6.92 Å². The second-order valence-electron chi connectivity index (χ2n) is 2.20. The van der Waals surface area contributed by atoms with Crippen LogP contribution in [0.15, 0.2) is 18.6 Å². The number of aromatic amines is 1. The number of nitrogens with zero attached hydrogens (tertiary/aromatic N) is 2. The maximum Gasteiger partial charge on any atom is 0.109 e. The Morgan fingerprint density at radius 3 is 2.67 bits per heavy atom. The van der Waals surface area contributed by atoms with Crippen LogP contribution in [-0.4, -0.2) is 15.0 Å². The molecule has 0 bridgehead atoms. The molecule has 1 N–H and O–H groups in total. The number of nitrogens with one attached hydrogen (secondary N) is 1. The Labute approximate surface area is 71.9 Å². The summed E-state index contributed by atoms with van der Waals surface area (Å²) >= 11 is 0. The third-order valence-corrected chi connectivity index (χ3v) is 1.52. The normalized spacial score (nSPS) is 9.25. The lowest BCUT2D eigenvalue weighted by atomic mass is 10.3. The fourth-order valence-electron chi connectivity index (χ4n) is 1.00. The average molecular weight is 163 g/mol. The molecule has 2 heterocycles. The van der Waals surface area contributed by atoms with Crippen molar-refractivity contribution in [3.8, 4) is 0 Å². The molecule has 0 fully saturated rings. The number of H-pyrrole nitrogens is 1. The lowest BCUT2D eigenvalue weighted by molar-refractivity contribution is 1.22. The molecule has 0 saturated heterocycles. The molecule has 2 aromatic heterocycles. The van der Waals surface area contributed by atoms with Gasteiger partial charge in [0.1, 0.15) is 5.52 Å². The lowest BCUT2D eigenvalue weighted by Gasteiger charge is -1.89. The number of aryl methyl sites for hydroxylation is 1. The maximum absolute atomic E-state index is 4.10. The van der Waals surface area contributed by atoms with Crippen molar-refractivity contribution < 1.29 is 0 Å². The molecular formula is C9H13N3. The van der Waals surface area contributed by atoms with Crippen LogP contribution in [0.5, 0.6) is 0 Å². The van der Waals surface area contributed by atoms with Gasteiger partial charge in [-0.1, -0.05) is 13.8 Å². The van der Waals surface area contributed by atoms with E-state index in [1.54, 1.807) is 12.5 Å². The molecule has 0 aliphatic rings. The van der Waals surface area contributed by atoms with Crippen molar-refractivity contribution in [3.05, 3.63) is 24.3 Å². The summed E-state index contributed by atoms with van der Waals surface area (Å²) in [6.07, 6.45) is 3.45. The fraction of sp³-hybridized carbons (Fsp3) is 0.333. The predicted octanol–water partition coefficient (Wildman–Crippen LogP) is 2.29. The number of fused-ring (bicyclic) bond motifs is 1. The van der Waals surface area contributed by atoms with Gasteiger partial charge in [-0.3, -0.25) is 4.98 Å². The zero-order valence-corrected chi connectivity index (χ0v) is 7.63. The van der Waals surface area contributed by atoms with E-state index in [1.807, 2.05) is 26.8 Å². The number of aromatic nitrogens is 3. The molecule has 3 heteroatoms. The van der Waals surface area contributed by atoms with Gasteiger partial charge >= 0.3 is 0 Å². The number of rotatable bonds is 0. The highest BCUT2D eigenvalue weighted by atomic mass is 14.9. The van der Waals surface area contributed by atoms with E-state index in [4.69, 9.17) is 0 Å². The van der Waals surface area contributed by atoms with E-state index >= 15 is 0 Å². The van der Waals surface area contributed by atoms with Gasteiger partial charge in [-0.05, 0) is 13.0 Å². The molecule has 0 aliphatic heterocycles. The van der Waals surface area contributed by atoms with Crippen LogP contribution >= 0.6 is 0 Å². The first-order valence-electron chi connectivity index (χ1n) is 4.12. The van der Waals surface area contributed by atoms with Gasteiger partial charge in [0.15, 0.2) is 0 Å². The van der Waals surface area contributed by atoms with Crippen LogP contribution in [-0.2, 0) is 0 Å². The highest BCUT2D eigenvalue weighted by Crippen LogP contribution is 2.09. The van der Waals surface area contributed by atoms with E-state index < -0.39 is 0 Å². The highest BCUT2D eigenvalue weighted by molar-refractivity contribution is 5.75. The van der Waals surface area contributed by atoms with Crippen molar-refractivity contribution in [2.24, 2.45) is 0 Å². The first-order chi connectivity index (χ1) is 5.88. The summed E-state index contributed by atoms with van der Waals surface area (Å²) in [4.78, 5) is 11.2. The van der Waals surface area contributed by atoms with Crippen LogP contribution in [0.25, 0.3) is 11.0 Å². The van der Waals surface area contributed by atoms with Gasteiger partial charge in [0, 0.05) is 6.20 Å². The zero-order valence-electron chi connectivity index (χ0n) is 7.63. The molecule has 0 spiro atoms. The summed E-state index contributed by atoms with van der Waals surface area (Å²) in [6.45, 7) is 5.95. The van der Waals surface area contributed by atoms with Crippen molar-refractivity contribution in [2.75, 3.05) is 0 Å². The number of pyridine rings is 1. The van der Waals surface area contributed by atoms with Crippen LogP contribution in [0.4, 0.5) is 0 Å². The fourth-order valence-corrected chi connectivity index (χ4v) is 1.00. The number of hydrogen-bond acceptors (Lipinski definition) is 2. The Balaban J connectivity index is 0.000000336. The second-order valence-corrected chi connectivity index (χ2v) is 2.20. The smallest absolute Gasteiger partial charge is 0.109 e. The summed E-state index contributed by atoms with van der Waals surface area (Å²) < 4.78 is 0. The monoisotopic (exact) mass is 163 g/mol. The molecular weight excluding hydrogens is 150 g/mol. The first kappa shape index (κ1) is 8.71. The minimum atomic E-state index is 0.961. The SMILES string of the molecule is CC.Cc1nccc2[nH]cnc12. The average Bonchev–Trinajstić information content (AvgIpc) is 2.57. The van der Waals surface area contributed by atoms with Crippen molar-refractivity contribution >= 4 is 11.0 Å². The third-order valence-electron chi connectivity index (χ3n) is 1.52. The number of imidazole rings is 1. The Morgan fingerprint density at radius 1 is 1.25 bits per heavy atom. The topological polar surface area (TPSA) is 41.6 Å². The lowest BCUT2D eigenvalue weighted by Crippen LogP contribution is -1.80. The van der Waals surface area contributed by atoms with E-state index in [1.165, 1.54) is 0 Å². The summed E-state index contributed by atoms with van der Waals surface area (Å²) in [6, 6.07) is 1.91. The minimum Gasteiger partial charge on any atom is -0.344 e. The molecule has 0 saturated carbocycles. The Hall–Kier alpha value is -1.38. The second kappa shape index (κ2) is 3.85. The van der Waals surface area contributed by atoms with Crippen LogP contribution < -0.4 is 0 Å². The van der Waals surface area contributed by atoms with E-state index in [-0.39, 0.29) is 0 Å². The van der Waals surface area contributed by atoms with Gasteiger partial charge in [0.25, 0.3) is 0 Å². The van der Waals surface area contributed by atoms with E-state index in [0.29, 0.717) is 0 Å². The van der Waals surface area contributed by atoms with Crippen LogP contribution in [0.2, 0.25) is 0 Å². The molecule has 0 amide bonds. The highest BCUT2D eigenvalue weighted by Gasteiger charge is 1.96. The van der Waals surface area contributed by atoms with Crippen molar-refractivity contribution in [3.63, 3.8) is 0 Å². The molecule has 12 heavy (non-hydrogen) atoms. The van der Waals surface area contributed by atoms with E-state index in [0.717, 1.165) is 16.7 Å². The largest absolute Gasteiger partial charge is 0.344 e. The van der Waals surface area contributed by atoms with Crippen molar-refractivity contribution in [1.29, 1.82) is 0 Å². The minimum absolute atomic E-state index is 0.961. The maximum atomic E-state index is 4.10. The summed E-state index contributed by atoms with van der Waals surface area (Å²) in [7, 11) is 0. The van der Waals surface area contributed by atoms with Crippen LogP contribution in [0.1, 0.15) is 19.5 Å². The molecule has 2 rings (SSSR count). The van der Waals surface area contributed by atoms with Crippen LogP contribution in [0.3, 0.4) is 0 Å². The molecule has 0 aliphatic carbocycles. The standard InChI is InChI=1S/C7H7N3.C2H6/c1-5-7-6(2-3-8-5)9-4-10-7;1-2/h2-4H,1H3,(H,9,10);1-2H3. The molecule has 0 radical (unpaired) electrons. The van der Waals surface area contributed by atoms with Crippen molar-refractivity contribution in [2.45, 2.75) is 20.8 Å². The summed E-state index contributed by atoms with van der Waals surface area (Å²) in [5.74, 6) is 0. The van der Waals surface area contributed by atoms with Gasteiger partial charge in [-0.25, -0.2) is 4.98 Å². The molecule has 0 atom stereocenters. The molecule has 0 aromatic carbocycles. The van der Waals surface area contributed by atoms with Crippen molar-refractivity contribution in [1.82, 2.24) is 15.0 Å². The molecule has 0 unspecified atom stereocenters. The zero-order chi connectivity index (χ0) is 8.97. The number of hydrogen-bond donors (Lipinski definition) is 1. The third kappa shape index (κ3) is 1.44. The van der Waals surface area contributed by atoms with Gasteiger partial charge in [-0.15, -0.1) is 0 Å². The van der Waals surface area contributed by atoms with E-state index in [2.05, 4.69) is 15.0 Å². The molecule has 64 valence electrons. The quantitative estimate of drug-likeness (QED) is 0.647. The Kier molecular flexibility index (Phi) is 2.80. The van der Waals surface area contributed by atoms with Gasteiger partial charge in [-0.2, -0.15) is 0 Å². The molecule has 2 aromatic rings. The van der Waals surface area contributed by atoms with Gasteiger partial charge in [0.2, 0.25) is 0 Å². The van der Waals surface area contributed by atoms with Gasteiger partial charge in [0.05, 0.1) is 17.5 Å².